The Hall–Kier alpha value is -1.76. The SMILES string of the molecule is CCCOc1ncnc(Sc2nc(C)c(C)o2)c1N. The van der Waals surface area contributed by atoms with Crippen LogP contribution in [0.1, 0.15) is 24.8 Å². The van der Waals surface area contributed by atoms with E-state index in [1.165, 1.54) is 18.1 Å². The first-order valence-electron chi connectivity index (χ1n) is 5.97. The van der Waals surface area contributed by atoms with Crippen molar-refractivity contribution in [1.29, 1.82) is 0 Å². The van der Waals surface area contributed by atoms with Crippen molar-refractivity contribution in [3.63, 3.8) is 0 Å². The molecule has 6 nitrogen and oxygen atoms in total. The van der Waals surface area contributed by atoms with E-state index in [1.54, 1.807) is 0 Å². The third kappa shape index (κ3) is 3.17. The number of nitrogen functional groups attached to an aromatic ring is 1. The number of ether oxygens (including phenoxy) is 1. The fourth-order valence-corrected chi connectivity index (χ4v) is 2.14. The van der Waals surface area contributed by atoms with Gasteiger partial charge >= 0.3 is 0 Å². The summed E-state index contributed by atoms with van der Waals surface area (Å²) in [6.45, 7) is 6.35. The van der Waals surface area contributed by atoms with Gasteiger partial charge in [0.1, 0.15) is 22.8 Å². The van der Waals surface area contributed by atoms with Gasteiger partial charge in [0.2, 0.25) is 5.88 Å². The van der Waals surface area contributed by atoms with Crippen molar-refractivity contribution in [2.24, 2.45) is 0 Å². The second kappa shape index (κ2) is 5.92. The van der Waals surface area contributed by atoms with Crippen LogP contribution in [0, 0.1) is 13.8 Å². The summed E-state index contributed by atoms with van der Waals surface area (Å²) >= 11 is 1.26. The standard InChI is InChI=1S/C12H16N4O2S/c1-4-5-17-10-9(13)11(15-6-14-10)19-12-16-7(2)8(3)18-12/h6H,4-5,13H2,1-3H3. The van der Waals surface area contributed by atoms with Crippen LogP contribution >= 0.6 is 11.8 Å². The molecule has 0 atom stereocenters. The van der Waals surface area contributed by atoms with Gasteiger partial charge in [-0.05, 0) is 32.0 Å². The van der Waals surface area contributed by atoms with Crippen LogP contribution in [-0.4, -0.2) is 21.6 Å². The predicted octanol–water partition coefficient (Wildman–Crippen LogP) is 2.60. The summed E-state index contributed by atoms with van der Waals surface area (Å²) in [6, 6.07) is 0. The zero-order chi connectivity index (χ0) is 13.8. The molecule has 7 heteroatoms. The summed E-state index contributed by atoms with van der Waals surface area (Å²) in [5.74, 6) is 1.19. The number of hydrogen-bond donors (Lipinski definition) is 1. The molecule has 0 bridgehead atoms. The first-order chi connectivity index (χ1) is 9.11. The minimum atomic E-state index is 0.402. The monoisotopic (exact) mass is 280 g/mol. The van der Waals surface area contributed by atoms with E-state index in [-0.39, 0.29) is 0 Å². The second-order valence-corrected chi connectivity index (χ2v) is 4.91. The largest absolute Gasteiger partial charge is 0.476 e. The second-order valence-electron chi connectivity index (χ2n) is 3.97. The lowest BCUT2D eigenvalue weighted by atomic mass is 10.4. The molecule has 0 unspecified atom stereocenters. The Balaban J connectivity index is 2.20. The Morgan fingerprint density at radius 3 is 2.79 bits per heavy atom. The molecule has 0 saturated carbocycles. The number of nitrogens with two attached hydrogens (primary N) is 1. The van der Waals surface area contributed by atoms with Gasteiger partial charge in [-0.1, -0.05) is 6.92 Å². The highest BCUT2D eigenvalue weighted by atomic mass is 32.2. The van der Waals surface area contributed by atoms with E-state index in [1.807, 2.05) is 20.8 Å². The number of aryl methyl sites for hydroxylation is 2. The number of oxazole rings is 1. The Morgan fingerprint density at radius 1 is 1.37 bits per heavy atom. The number of nitrogens with zero attached hydrogens (tertiary/aromatic N) is 3. The van der Waals surface area contributed by atoms with Gasteiger partial charge in [0.15, 0.2) is 0 Å². The van der Waals surface area contributed by atoms with Crippen LogP contribution in [0.15, 0.2) is 21.0 Å². The molecule has 0 aliphatic carbocycles. The molecule has 19 heavy (non-hydrogen) atoms. The number of hydrogen-bond acceptors (Lipinski definition) is 7. The smallest absolute Gasteiger partial charge is 0.262 e. The van der Waals surface area contributed by atoms with Crippen molar-refractivity contribution in [2.75, 3.05) is 12.3 Å². The normalized spacial score (nSPS) is 10.7. The van der Waals surface area contributed by atoms with Crippen LogP contribution in [0.3, 0.4) is 0 Å². The molecule has 0 fully saturated rings. The van der Waals surface area contributed by atoms with Crippen LogP contribution in [0.4, 0.5) is 5.69 Å². The van der Waals surface area contributed by atoms with E-state index in [2.05, 4.69) is 15.0 Å². The van der Waals surface area contributed by atoms with E-state index >= 15 is 0 Å². The molecule has 2 aromatic heterocycles. The first-order valence-corrected chi connectivity index (χ1v) is 6.78. The Kier molecular flexibility index (Phi) is 4.26. The van der Waals surface area contributed by atoms with Gasteiger partial charge in [0, 0.05) is 0 Å². The van der Waals surface area contributed by atoms with E-state index in [4.69, 9.17) is 14.9 Å². The van der Waals surface area contributed by atoms with Crippen LogP contribution < -0.4 is 10.5 Å². The van der Waals surface area contributed by atoms with Gasteiger partial charge in [0.25, 0.3) is 5.22 Å². The zero-order valence-corrected chi connectivity index (χ0v) is 12.0. The van der Waals surface area contributed by atoms with E-state index < -0.39 is 0 Å². The lowest BCUT2D eigenvalue weighted by Gasteiger charge is -2.08. The Labute approximate surface area is 115 Å². The third-order valence-corrected chi connectivity index (χ3v) is 3.31. The van der Waals surface area contributed by atoms with Crippen molar-refractivity contribution < 1.29 is 9.15 Å². The highest BCUT2D eigenvalue weighted by molar-refractivity contribution is 7.99. The summed E-state index contributed by atoms with van der Waals surface area (Å²) < 4.78 is 10.9. The van der Waals surface area contributed by atoms with Gasteiger partial charge < -0.3 is 14.9 Å². The molecule has 2 heterocycles. The molecule has 0 amide bonds. The maximum atomic E-state index is 5.98. The van der Waals surface area contributed by atoms with Gasteiger partial charge in [0.05, 0.1) is 12.3 Å². The Bertz CT molecular complexity index is 551. The van der Waals surface area contributed by atoms with Crippen LogP contribution in [0.25, 0.3) is 0 Å². The molecule has 2 aromatic rings. The molecular weight excluding hydrogens is 264 g/mol. The molecular formula is C12H16N4O2S. The third-order valence-electron chi connectivity index (χ3n) is 2.45. The van der Waals surface area contributed by atoms with Gasteiger partial charge in [-0.2, -0.15) is 4.98 Å². The molecule has 0 aromatic carbocycles. The average molecular weight is 280 g/mol. The van der Waals surface area contributed by atoms with Gasteiger partial charge in [-0.3, -0.25) is 0 Å². The van der Waals surface area contributed by atoms with Crippen molar-refractivity contribution in [2.45, 2.75) is 37.4 Å². The lowest BCUT2D eigenvalue weighted by molar-refractivity contribution is 0.305. The van der Waals surface area contributed by atoms with Crippen molar-refractivity contribution >= 4 is 17.4 Å². The number of aromatic nitrogens is 3. The molecule has 0 saturated heterocycles. The predicted molar refractivity (Wildman–Crippen MR) is 72.3 cm³/mol. The first kappa shape index (κ1) is 13.7. The maximum Gasteiger partial charge on any atom is 0.262 e. The highest BCUT2D eigenvalue weighted by Gasteiger charge is 2.14. The molecule has 2 rings (SSSR count). The summed E-state index contributed by atoms with van der Waals surface area (Å²) in [4.78, 5) is 12.4. The fourth-order valence-electron chi connectivity index (χ4n) is 1.33. The van der Waals surface area contributed by atoms with E-state index in [9.17, 15) is 0 Å². The summed E-state index contributed by atoms with van der Waals surface area (Å²) in [6.07, 6.45) is 2.32. The van der Waals surface area contributed by atoms with E-state index in [0.717, 1.165) is 17.9 Å². The molecule has 0 aliphatic rings. The summed E-state index contributed by atoms with van der Waals surface area (Å²) in [7, 11) is 0. The van der Waals surface area contributed by atoms with E-state index in [0.29, 0.717) is 28.4 Å². The van der Waals surface area contributed by atoms with Crippen LogP contribution in [-0.2, 0) is 0 Å². The summed E-state index contributed by atoms with van der Waals surface area (Å²) in [5, 5.41) is 1.10. The average Bonchev–Trinajstić information content (AvgIpc) is 2.69. The van der Waals surface area contributed by atoms with Crippen molar-refractivity contribution in [3.8, 4) is 5.88 Å². The Morgan fingerprint density at radius 2 is 2.16 bits per heavy atom. The van der Waals surface area contributed by atoms with Crippen molar-refractivity contribution in [1.82, 2.24) is 15.0 Å². The zero-order valence-electron chi connectivity index (χ0n) is 11.1. The van der Waals surface area contributed by atoms with Crippen LogP contribution in [0.5, 0.6) is 5.88 Å². The molecule has 102 valence electrons. The molecule has 0 radical (unpaired) electrons. The quantitative estimate of drug-likeness (QED) is 0.842. The summed E-state index contributed by atoms with van der Waals surface area (Å²) in [5.41, 5.74) is 7.25. The maximum absolute atomic E-state index is 5.98. The van der Waals surface area contributed by atoms with Gasteiger partial charge in [-0.25, -0.2) is 9.97 Å². The molecule has 2 N–H and O–H groups in total. The topological polar surface area (TPSA) is 87.1 Å². The fraction of sp³-hybridized carbons (Fsp3) is 0.417. The minimum Gasteiger partial charge on any atom is -0.476 e. The number of rotatable bonds is 5. The number of anilines is 1. The lowest BCUT2D eigenvalue weighted by Crippen LogP contribution is -2.03. The van der Waals surface area contributed by atoms with Crippen LogP contribution in [0.2, 0.25) is 0 Å². The van der Waals surface area contributed by atoms with Gasteiger partial charge in [-0.15, -0.1) is 0 Å². The molecule has 0 spiro atoms. The van der Waals surface area contributed by atoms with Crippen molar-refractivity contribution in [3.05, 3.63) is 17.8 Å². The molecule has 0 aliphatic heterocycles. The highest BCUT2D eigenvalue weighted by Crippen LogP contribution is 2.34. The minimum absolute atomic E-state index is 0.402.